The molecule has 0 unspecified atom stereocenters. The molecule has 35 heavy (non-hydrogen) atoms. The lowest BCUT2D eigenvalue weighted by atomic mass is 9.91. The van der Waals surface area contributed by atoms with Gasteiger partial charge in [-0.15, -0.1) is 0 Å². The number of nitrogens with zero attached hydrogens (tertiary/aromatic N) is 2. The van der Waals surface area contributed by atoms with Gasteiger partial charge in [-0.1, -0.05) is 67.8 Å². The van der Waals surface area contributed by atoms with E-state index in [4.69, 9.17) is 23.2 Å². The highest BCUT2D eigenvalue weighted by atomic mass is 35.5. The Labute approximate surface area is 217 Å². The van der Waals surface area contributed by atoms with Gasteiger partial charge in [-0.05, 0) is 54.7 Å². The summed E-state index contributed by atoms with van der Waals surface area (Å²) >= 11 is 12.4. The Morgan fingerprint density at radius 3 is 2.43 bits per heavy atom. The van der Waals surface area contributed by atoms with Crippen LogP contribution in [0.5, 0.6) is 0 Å². The number of nitrogens with one attached hydrogen (secondary N) is 1. The van der Waals surface area contributed by atoms with Crippen LogP contribution in [0.15, 0.2) is 41.2 Å². The third-order valence-corrected chi connectivity index (χ3v) is 6.89. The Morgan fingerprint density at radius 2 is 1.86 bits per heavy atom. The number of aliphatic imine (C=N–C) groups is 1. The van der Waals surface area contributed by atoms with Gasteiger partial charge in [0.2, 0.25) is 0 Å². The lowest BCUT2D eigenvalue weighted by Gasteiger charge is -2.15. The summed E-state index contributed by atoms with van der Waals surface area (Å²) in [6, 6.07) is 4.85. The van der Waals surface area contributed by atoms with E-state index < -0.39 is 5.82 Å². The van der Waals surface area contributed by atoms with Gasteiger partial charge in [0, 0.05) is 48.0 Å². The van der Waals surface area contributed by atoms with Crippen molar-refractivity contribution in [3.63, 3.8) is 0 Å². The highest BCUT2D eigenvalue weighted by Crippen LogP contribution is 2.32. The first-order valence-electron chi connectivity index (χ1n) is 11.9. The highest BCUT2D eigenvalue weighted by Gasteiger charge is 2.15. The van der Waals surface area contributed by atoms with Crippen molar-refractivity contribution in [3.05, 3.63) is 68.7 Å². The molecule has 1 saturated carbocycles. The summed E-state index contributed by atoms with van der Waals surface area (Å²) in [5.74, 6) is 0.560. The maximum absolute atomic E-state index is 13.8. The van der Waals surface area contributed by atoms with Crippen LogP contribution in [0.2, 0.25) is 10.0 Å². The van der Waals surface area contributed by atoms with Crippen molar-refractivity contribution in [1.29, 1.82) is 0 Å². The van der Waals surface area contributed by atoms with Crippen molar-refractivity contribution in [2.24, 2.45) is 10.9 Å². The standard InChI is InChI=1S/C20H18Cl2FN3.C7H14.CH3F/c1-11(2)16(10-24-3)13-6-14-12(8-25-20(14)26-9-13)7-15-17(21)4-5-18(23)19(15)22;1-7-5-3-2-4-6-7;1-2/h4-6,8-10H,7H2,1-3H3,(H,25,26);7H,2-6H2,1H3;1H3. The molecule has 190 valence electrons. The fraction of sp³-hybridized carbons (Fsp3) is 0.429. The maximum atomic E-state index is 13.8. The molecule has 4 rings (SSSR count). The summed E-state index contributed by atoms with van der Waals surface area (Å²) in [5, 5.41) is 1.44. The molecule has 1 N–H and O–H groups in total. The third-order valence-electron chi connectivity index (χ3n) is 6.12. The molecule has 1 aliphatic carbocycles. The second kappa shape index (κ2) is 14.4. The average molecular weight is 523 g/mol. The molecule has 0 amide bonds. The zero-order valence-electron chi connectivity index (χ0n) is 21.2. The fourth-order valence-electron chi connectivity index (χ4n) is 4.20. The summed E-state index contributed by atoms with van der Waals surface area (Å²) in [7, 11) is 2.24. The monoisotopic (exact) mass is 521 g/mol. The lowest BCUT2D eigenvalue weighted by Crippen LogP contribution is -1.99. The van der Waals surface area contributed by atoms with Gasteiger partial charge in [-0.3, -0.25) is 9.38 Å². The number of allylic oxidation sites excluding steroid dienone is 2. The van der Waals surface area contributed by atoms with Crippen LogP contribution in [0.1, 0.15) is 69.6 Å². The molecular formula is C28H35Cl2F2N3. The molecule has 0 aliphatic heterocycles. The molecule has 7 heteroatoms. The SMILES string of the molecule is CC1CCCCC1.CF.CN=CC(=C(C)C)c1cnc2[nH]cc(Cc3c(Cl)ccc(F)c3Cl)c2c1. The minimum atomic E-state index is -0.476. The Balaban J connectivity index is 0.000000407. The number of aromatic nitrogens is 2. The molecule has 1 fully saturated rings. The summed E-state index contributed by atoms with van der Waals surface area (Å²) in [6.07, 6.45) is 13.3. The topological polar surface area (TPSA) is 41.0 Å². The second-order valence-corrected chi connectivity index (χ2v) is 9.76. The minimum absolute atomic E-state index is 0.0547. The molecule has 0 saturated heterocycles. The number of hydrogen-bond acceptors (Lipinski definition) is 2. The van der Waals surface area contributed by atoms with E-state index >= 15 is 0 Å². The number of fused-ring (bicyclic) bond motifs is 1. The zero-order chi connectivity index (χ0) is 26.0. The molecule has 2 heterocycles. The number of rotatable bonds is 4. The summed E-state index contributed by atoms with van der Waals surface area (Å²) in [4.78, 5) is 11.8. The first kappa shape index (κ1) is 29.0. The van der Waals surface area contributed by atoms with Crippen LogP contribution < -0.4 is 0 Å². The Hall–Kier alpha value is -2.24. The van der Waals surface area contributed by atoms with Crippen LogP contribution in [-0.4, -0.2) is 30.4 Å². The summed E-state index contributed by atoms with van der Waals surface area (Å²) < 4.78 is 23.3. The van der Waals surface area contributed by atoms with Crippen molar-refractivity contribution >= 4 is 46.0 Å². The van der Waals surface area contributed by atoms with Gasteiger partial charge in [0.1, 0.15) is 11.5 Å². The number of aromatic amines is 1. The van der Waals surface area contributed by atoms with Gasteiger partial charge < -0.3 is 4.98 Å². The van der Waals surface area contributed by atoms with Crippen molar-refractivity contribution in [2.45, 2.75) is 59.3 Å². The van der Waals surface area contributed by atoms with Crippen molar-refractivity contribution in [1.82, 2.24) is 9.97 Å². The van der Waals surface area contributed by atoms with Gasteiger partial charge in [0.05, 0.1) is 12.2 Å². The van der Waals surface area contributed by atoms with E-state index in [9.17, 15) is 8.78 Å². The van der Waals surface area contributed by atoms with Crippen LogP contribution in [-0.2, 0) is 6.42 Å². The average Bonchev–Trinajstić information content (AvgIpc) is 3.26. The molecule has 0 radical (unpaired) electrons. The van der Waals surface area contributed by atoms with E-state index in [0.29, 0.717) is 24.2 Å². The van der Waals surface area contributed by atoms with Crippen LogP contribution >= 0.6 is 23.2 Å². The first-order valence-corrected chi connectivity index (χ1v) is 12.6. The van der Waals surface area contributed by atoms with Crippen molar-refractivity contribution in [2.75, 3.05) is 14.2 Å². The third kappa shape index (κ3) is 7.88. The number of pyridine rings is 1. The molecule has 0 bridgehead atoms. The van der Waals surface area contributed by atoms with E-state index in [1.165, 1.54) is 44.2 Å². The quantitative estimate of drug-likeness (QED) is 0.269. The van der Waals surface area contributed by atoms with Gasteiger partial charge in [-0.2, -0.15) is 0 Å². The van der Waals surface area contributed by atoms with E-state index in [0.717, 1.165) is 39.2 Å². The molecule has 1 aliphatic rings. The fourth-order valence-corrected chi connectivity index (χ4v) is 4.71. The highest BCUT2D eigenvalue weighted by molar-refractivity contribution is 6.36. The van der Waals surface area contributed by atoms with E-state index in [1.807, 2.05) is 32.5 Å². The van der Waals surface area contributed by atoms with Crippen molar-refractivity contribution in [3.8, 4) is 0 Å². The van der Waals surface area contributed by atoms with E-state index in [1.54, 1.807) is 7.05 Å². The molecule has 0 spiro atoms. The molecular weight excluding hydrogens is 487 g/mol. The number of alkyl halides is 1. The Kier molecular flexibility index (Phi) is 11.9. The normalized spacial score (nSPS) is 13.7. The van der Waals surface area contributed by atoms with Gasteiger partial charge in [0.15, 0.2) is 0 Å². The summed E-state index contributed by atoms with van der Waals surface area (Å²) in [5.41, 5.74) is 5.41. The van der Waals surface area contributed by atoms with Gasteiger partial charge in [0.25, 0.3) is 0 Å². The number of hydrogen-bond donors (Lipinski definition) is 1. The summed E-state index contributed by atoms with van der Waals surface area (Å²) in [6.45, 7) is 6.43. The van der Waals surface area contributed by atoms with Crippen LogP contribution in [0, 0.1) is 11.7 Å². The van der Waals surface area contributed by atoms with E-state index in [2.05, 4.69) is 28.0 Å². The lowest BCUT2D eigenvalue weighted by molar-refractivity contribution is 0.385. The number of benzene rings is 1. The maximum Gasteiger partial charge on any atom is 0.142 e. The van der Waals surface area contributed by atoms with Crippen LogP contribution in [0.4, 0.5) is 8.78 Å². The number of halogens is 4. The van der Waals surface area contributed by atoms with E-state index in [-0.39, 0.29) is 5.02 Å². The van der Waals surface area contributed by atoms with Crippen LogP contribution in [0.3, 0.4) is 0 Å². The Bertz CT molecular complexity index is 1160. The van der Waals surface area contributed by atoms with Crippen LogP contribution in [0.25, 0.3) is 16.6 Å². The molecule has 3 nitrogen and oxygen atoms in total. The van der Waals surface area contributed by atoms with Crippen molar-refractivity contribution < 1.29 is 8.78 Å². The molecule has 0 atom stereocenters. The number of H-pyrrole nitrogens is 1. The smallest absolute Gasteiger partial charge is 0.142 e. The minimum Gasteiger partial charge on any atom is -0.346 e. The van der Waals surface area contributed by atoms with Gasteiger partial charge in [-0.25, -0.2) is 9.37 Å². The Morgan fingerprint density at radius 1 is 1.17 bits per heavy atom. The molecule has 1 aromatic carbocycles. The van der Waals surface area contributed by atoms with Gasteiger partial charge >= 0.3 is 0 Å². The predicted octanol–water partition coefficient (Wildman–Crippen LogP) is 9.27. The zero-order valence-corrected chi connectivity index (χ0v) is 22.7. The first-order chi connectivity index (χ1) is 16.8. The predicted molar refractivity (Wildman–Crippen MR) is 147 cm³/mol. The molecule has 2 aromatic heterocycles. The second-order valence-electron chi connectivity index (χ2n) is 8.98. The molecule has 3 aromatic rings. The largest absolute Gasteiger partial charge is 0.346 e.